The van der Waals surface area contributed by atoms with Crippen LogP contribution in [0.5, 0.6) is 5.75 Å². The average Bonchev–Trinajstić information content (AvgIpc) is 2.44. The number of amides is 2. The lowest BCUT2D eigenvalue weighted by molar-refractivity contribution is -0.119. The predicted molar refractivity (Wildman–Crippen MR) is 78.9 cm³/mol. The fourth-order valence-electron chi connectivity index (χ4n) is 1.87. The molecule has 2 amide bonds. The Morgan fingerprint density at radius 3 is 2.38 bits per heavy atom. The van der Waals surface area contributed by atoms with Crippen molar-refractivity contribution in [3.8, 4) is 5.75 Å². The van der Waals surface area contributed by atoms with Crippen molar-refractivity contribution < 1.29 is 19.4 Å². The molecule has 0 saturated carbocycles. The molecule has 1 unspecified atom stereocenters. The van der Waals surface area contributed by atoms with Crippen LogP contribution < -0.4 is 15.8 Å². The Morgan fingerprint density at radius 2 is 1.90 bits per heavy atom. The lowest BCUT2D eigenvalue weighted by Gasteiger charge is -2.18. The first-order chi connectivity index (χ1) is 9.92. The summed E-state index contributed by atoms with van der Waals surface area (Å²) in [4.78, 5) is 22.6. The van der Waals surface area contributed by atoms with Crippen molar-refractivity contribution >= 4 is 11.8 Å². The highest BCUT2D eigenvalue weighted by atomic mass is 16.5. The number of hydrogen-bond acceptors (Lipinski definition) is 4. The van der Waals surface area contributed by atoms with Gasteiger partial charge >= 0.3 is 0 Å². The maximum absolute atomic E-state index is 12.0. The van der Waals surface area contributed by atoms with Gasteiger partial charge in [-0.15, -0.1) is 0 Å². The summed E-state index contributed by atoms with van der Waals surface area (Å²) in [6.07, 6.45) is 0.710. The number of ether oxygens (including phenoxy) is 1. The van der Waals surface area contributed by atoms with E-state index in [0.29, 0.717) is 23.7 Å². The molecule has 0 bridgehead atoms. The van der Waals surface area contributed by atoms with Gasteiger partial charge in [-0.25, -0.2) is 0 Å². The van der Waals surface area contributed by atoms with E-state index in [1.54, 1.807) is 24.3 Å². The second-order valence-electron chi connectivity index (χ2n) is 5.26. The molecular formula is C15H22N2O4. The number of carbonyl (C=O) groups is 2. The minimum Gasteiger partial charge on any atom is -0.484 e. The number of aliphatic hydroxyl groups is 1. The quantitative estimate of drug-likeness (QED) is 0.656. The molecule has 1 aromatic carbocycles. The highest BCUT2D eigenvalue weighted by Gasteiger charge is 2.14. The molecule has 116 valence electrons. The highest BCUT2D eigenvalue weighted by molar-refractivity contribution is 5.94. The van der Waals surface area contributed by atoms with Gasteiger partial charge in [0.15, 0.2) is 6.61 Å². The van der Waals surface area contributed by atoms with Crippen molar-refractivity contribution in [2.45, 2.75) is 26.3 Å². The molecule has 0 spiro atoms. The molecule has 4 N–H and O–H groups in total. The number of hydrogen-bond donors (Lipinski definition) is 3. The predicted octanol–water partition coefficient (Wildman–Crippen LogP) is 0.688. The molecule has 1 rings (SSSR count). The zero-order valence-electron chi connectivity index (χ0n) is 12.3. The second kappa shape index (κ2) is 8.26. The number of primary amides is 1. The van der Waals surface area contributed by atoms with E-state index in [-0.39, 0.29) is 25.2 Å². The number of benzene rings is 1. The summed E-state index contributed by atoms with van der Waals surface area (Å²) in [6.45, 7) is 3.76. The Hall–Kier alpha value is -2.08. The summed E-state index contributed by atoms with van der Waals surface area (Å²) in [5.41, 5.74) is 5.44. The Labute approximate surface area is 124 Å². The van der Waals surface area contributed by atoms with Gasteiger partial charge in [0.2, 0.25) is 0 Å². The molecule has 21 heavy (non-hydrogen) atoms. The van der Waals surface area contributed by atoms with Crippen molar-refractivity contribution in [1.82, 2.24) is 5.32 Å². The van der Waals surface area contributed by atoms with Crippen molar-refractivity contribution in [1.29, 1.82) is 0 Å². The Kier molecular flexibility index (Phi) is 6.68. The minimum absolute atomic E-state index is 0.0935. The average molecular weight is 294 g/mol. The summed E-state index contributed by atoms with van der Waals surface area (Å²) in [6, 6.07) is 6.11. The SMILES string of the molecule is CC(C)CC(CO)NC(=O)c1ccc(OCC(N)=O)cc1. The molecule has 0 fully saturated rings. The lowest BCUT2D eigenvalue weighted by atomic mass is 10.0. The number of carbonyl (C=O) groups excluding carboxylic acids is 2. The zero-order valence-corrected chi connectivity index (χ0v) is 12.3. The topological polar surface area (TPSA) is 102 Å². The van der Waals surface area contributed by atoms with E-state index < -0.39 is 5.91 Å². The van der Waals surface area contributed by atoms with Crippen molar-refractivity contribution in [2.75, 3.05) is 13.2 Å². The van der Waals surface area contributed by atoms with Crippen LogP contribution >= 0.6 is 0 Å². The summed E-state index contributed by atoms with van der Waals surface area (Å²) < 4.78 is 5.11. The van der Waals surface area contributed by atoms with Gasteiger partial charge < -0.3 is 20.9 Å². The first-order valence-electron chi connectivity index (χ1n) is 6.85. The first kappa shape index (κ1) is 17.0. The monoisotopic (exact) mass is 294 g/mol. The number of rotatable bonds is 8. The molecule has 6 heteroatoms. The molecule has 0 saturated heterocycles. The van der Waals surface area contributed by atoms with Gasteiger partial charge in [-0.1, -0.05) is 13.8 Å². The van der Waals surface area contributed by atoms with Gasteiger partial charge in [-0.3, -0.25) is 9.59 Å². The lowest BCUT2D eigenvalue weighted by Crippen LogP contribution is -2.38. The fraction of sp³-hybridized carbons (Fsp3) is 0.467. The third-order valence-electron chi connectivity index (χ3n) is 2.81. The summed E-state index contributed by atoms with van der Waals surface area (Å²) in [7, 11) is 0. The van der Waals surface area contributed by atoms with E-state index in [1.165, 1.54) is 0 Å². The van der Waals surface area contributed by atoms with Crippen LogP contribution in [-0.2, 0) is 4.79 Å². The standard InChI is InChI=1S/C15H22N2O4/c1-10(2)7-12(8-18)17-15(20)11-3-5-13(6-4-11)21-9-14(16)19/h3-6,10,12,18H,7-9H2,1-2H3,(H2,16,19)(H,17,20). The molecule has 0 aliphatic carbocycles. The minimum atomic E-state index is -0.559. The molecule has 0 aliphatic rings. The fourth-order valence-corrected chi connectivity index (χ4v) is 1.87. The second-order valence-corrected chi connectivity index (χ2v) is 5.26. The van der Waals surface area contributed by atoms with Crippen LogP contribution in [-0.4, -0.2) is 36.2 Å². The van der Waals surface area contributed by atoms with E-state index in [9.17, 15) is 14.7 Å². The number of nitrogens with one attached hydrogen (secondary N) is 1. The molecule has 1 aromatic rings. The van der Waals surface area contributed by atoms with Crippen LogP contribution in [0, 0.1) is 5.92 Å². The van der Waals surface area contributed by atoms with E-state index in [4.69, 9.17) is 10.5 Å². The van der Waals surface area contributed by atoms with Gasteiger partial charge in [-0.2, -0.15) is 0 Å². The number of nitrogens with two attached hydrogens (primary N) is 1. The van der Waals surface area contributed by atoms with E-state index in [0.717, 1.165) is 0 Å². The van der Waals surface area contributed by atoms with Crippen molar-refractivity contribution in [3.63, 3.8) is 0 Å². The highest BCUT2D eigenvalue weighted by Crippen LogP contribution is 2.13. The molecule has 0 radical (unpaired) electrons. The van der Waals surface area contributed by atoms with Crippen LogP contribution in [0.2, 0.25) is 0 Å². The number of aliphatic hydroxyl groups excluding tert-OH is 1. The maximum atomic E-state index is 12.0. The molecule has 0 aromatic heterocycles. The van der Waals surface area contributed by atoms with Gasteiger partial charge in [0.1, 0.15) is 5.75 Å². The smallest absolute Gasteiger partial charge is 0.255 e. The molecular weight excluding hydrogens is 272 g/mol. The Bertz CT molecular complexity index is 471. The van der Waals surface area contributed by atoms with E-state index in [1.807, 2.05) is 13.8 Å². The molecule has 6 nitrogen and oxygen atoms in total. The van der Waals surface area contributed by atoms with Crippen LogP contribution in [0.15, 0.2) is 24.3 Å². The first-order valence-corrected chi connectivity index (χ1v) is 6.85. The Balaban J connectivity index is 2.59. The van der Waals surface area contributed by atoms with Crippen LogP contribution in [0.25, 0.3) is 0 Å². The van der Waals surface area contributed by atoms with E-state index in [2.05, 4.69) is 5.32 Å². The van der Waals surface area contributed by atoms with Gasteiger partial charge in [0, 0.05) is 5.56 Å². The largest absolute Gasteiger partial charge is 0.484 e. The summed E-state index contributed by atoms with van der Waals surface area (Å²) in [5.74, 6) is 0.0331. The normalized spacial score (nSPS) is 12.0. The van der Waals surface area contributed by atoms with Crippen LogP contribution in [0.4, 0.5) is 0 Å². The molecule has 1 atom stereocenters. The Morgan fingerprint density at radius 1 is 1.29 bits per heavy atom. The van der Waals surface area contributed by atoms with Gasteiger partial charge in [0.05, 0.1) is 12.6 Å². The maximum Gasteiger partial charge on any atom is 0.255 e. The third kappa shape index (κ3) is 6.27. The van der Waals surface area contributed by atoms with Gasteiger partial charge in [-0.05, 0) is 36.6 Å². The van der Waals surface area contributed by atoms with E-state index >= 15 is 0 Å². The van der Waals surface area contributed by atoms with Crippen molar-refractivity contribution in [3.05, 3.63) is 29.8 Å². The van der Waals surface area contributed by atoms with Crippen molar-refractivity contribution in [2.24, 2.45) is 11.7 Å². The van der Waals surface area contributed by atoms with Gasteiger partial charge in [0.25, 0.3) is 11.8 Å². The summed E-state index contributed by atoms with van der Waals surface area (Å²) in [5, 5.41) is 12.0. The van der Waals surface area contributed by atoms with Crippen LogP contribution in [0.3, 0.4) is 0 Å². The molecule has 0 heterocycles. The third-order valence-corrected chi connectivity index (χ3v) is 2.81. The summed E-state index contributed by atoms with van der Waals surface area (Å²) >= 11 is 0. The zero-order chi connectivity index (χ0) is 15.8. The molecule has 0 aliphatic heterocycles. The van der Waals surface area contributed by atoms with Crippen LogP contribution in [0.1, 0.15) is 30.6 Å².